The number of hydrogen-bond donors (Lipinski definition) is 1. The van der Waals surface area contributed by atoms with E-state index in [1.807, 2.05) is 78.5 Å². The van der Waals surface area contributed by atoms with Crippen LogP contribution in [0.25, 0.3) is 33.4 Å². The van der Waals surface area contributed by atoms with Gasteiger partial charge in [-0.1, -0.05) is 48.0 Å². The number of nitrogens with two attached hydrogens (primary N) is 1. The maximum Gasteiger partial charge on any atom is 0.204 e. The number of aromatic nitrogens is 4. The van der Waals surface area contributed by atoms with Gasteiger partial charge in [0.25, 0.3) is 0 Å². The van der Waals surface area contributed by atoms with E-state index in [0.717, 1.165) is 22.1 Å². The Hall–Kier alpha value is -4.03. The summed E-state index contributed by atoms with van der Waals surface area (Å²) in [5.41, 5.74) is 10.9. The van der Waals surface area contributed by atoms with Crippen LogP contribution >= 0.6 is 11.6 Å². The number of nitrogen functional groups attached to an aromatic ring is 1. The highest BCUT2D eigenvalue weighted by Gasteiger charge is 2.21. The van der Waals surface area contributed by atoms with E-state index in [1.54, 1.807) is 12.3 Å². The van der Waals surface area contributed by atoms with Crippen molar-refractivity contribution in [3.8, 4) is 22.5 Å². The van der Waals surface area contributed by atoms with Crippen molar-refractivity contribution in [2.24, 2.45) is 0 Å². The minimum absolute atomic E-state index is 0.0973. The number of anilines is 1. The van der Waals surface area contributed by atoms with Crippen LogP contribution in [0.3, 0.4) is 0 Å². The summed E-state index contributed by atoms with van der Waals surface area (Å²) in [6, 6.07) is 19.1. The highest BCUT2D eigenvalue weighted by atomic mass is 35.5. The highest BCUT2D eigenvalue weighted by molar-refractivity contribution is 6.35. The van der Waals surface area contributed by atoms with Gasteiger partial charge in [-0.2, -0.15) is 0 Å². The second-order valence-electron chi connectivity index (χ2n) is 7.84. The summed E-state index contributed by atoms with van der Waals surface area (Å²) in [7, 11) is 0. The smallest absolute Gasteiger partial charge is 0.204 e. The van der Waals surface area contributed by atoms with Crippen LogP contribution in [0.15, 0.2) is 79.3 Å². The fourth-order valence-electron chi connectivity index (χ4n) is 3.84. The lowest BCUT2D eigenvalue weighted by atomic mass is 10.0. The Balaban J connectivity index is 1.69. The normalized spacial score (nSPS) is 11.1. The summed E-state index contributed by atoms with van der Waals surface area (Å²) in [5.74, 6) is -0.120. The Morgan fingerprint density at radius 1 is 1.00 bits per heavy atom. The molecule has 6 nitrogen and oxygen atoms in total. The highest BCUT2D eigenvalue weighted by Crippen LogP contribution is 2.35. The first-order valence-electron chi connectivity index (χ1n) is 10.4. The van der Waals surface area contributed by atoms with E-state index in [2.05, 4.69) is 9.97 Å². The number of pyridine rings is 1. The second-order valence-corrected chi connectivity index (χ2v) is 8.25. The summed E-state index contributed by atoms with van der Waals surface area (Å²) in [5, 5.41) is 1.37. The largest absolute Gasteiger partial charge is 0.382 e. The molecule has 0 aliphatic rings. The van der Waals surface area contributed by atoms with E-state index in [0.29, 0.717) is 21.9 Å². The number of hydrogen-bond acceptors (Lipinski definition) is 5. The lowest BCUT2D eigenvalue weighted by Crippen LogP contribution is -2.15. The van der Waals surface area contributed by atoms with Gasteiger partial charge in [-0.3, -0.25) is 9.78 Å². The molecule has 3 heterocycles. The maximum atomic E-state index is 13.1. The van der Waals surface area contributed by atoms with Crippen molar-refractivity contribution >= 4 is 34.1 Å². The minimum Gasteiger partial charge on any atom is -0.382 e. The number of nitrogens with zero attached hydrogens (tertiary/aromatic N) is 4. The number of halogens is 1. The summed E-state index contributed by atoms with van der Waals surface area (Å²) in [4.78, 5) is 26.8. The summed E-state index contributed by atoms with van der Waals surface area (Å²) >= 11 is 6.55. The third-order valence-corrected chi connectivity index (χ3v) is 5.68. The molecule has 0 unspecified atom stereocenters. The molecule has 3 aromatic heterocycles. The Kier molecular flexibility index (Phi) is 5.36. The van der Waals surface area contributed by atoms with Gasteiger partial charge in [-0.05, 0) is 36.8 Å². The van der Waals surface area contributed by atoms with Gasteiger partial charge < -0.3 is 10.3 Å². The van der Waals surface area contributed by atoms with Crippen molar-refractivity contribution < 1.29 is 4.79 Å². The van der Waals surface area contributed by atoms with Crippen molar-refractivity contribution in [3.63, 3.8) is 0 Å². The van der Waals surface area contributed by atoms with Gasteiger partial charge in [0.15, 0.2) is 11.5 Å². The van der Waals surface area contributed by atoms with Crippen LogP contribution in [0.4, 0.5) is 5.82 Å². The van der Waals surface area contributed by atoms with Gasteiger partial charge >= 0.3 is 0 Å². The molecule has 162 valence electrons. The third kappa shape index (κ3) is 4.08. The molecule has 33 heavy (non-hydrogen) atoms. The zero-order chi connectivity index (χ0) is 22.9. The molecule has 2 aromatic carbocycles. The molecule has 0 radical (unpaired) electrons. The van der Waals surface area contributed by atoms with E-state index in [4.69, 9.17) is 22.3 Å². The Morgan fingerprint density at radius 3 is 2.55 bits per heavy atom. The zero-order valence-electron chi connectivity index (χ0n) is 17.9. The lowest BCUT2D eigenvalue weighted by molar-refractivity contribution is 0.0968. The minimum atomic E-state index is -0.218. The molecular weight excluding hydrogens is 434 g/mol. The second kappa shape index (κ2) is 8.48. The summed E-state index contributed by atoms with van der Waals surface area (Å²) < 4.78 is 1.81. The number of fused-ring (bicyclic) bond motifs is 1. The molecule has 7 heteroatoms. The fraction of sp³-hybridized carbons (Fsp3) is 0.0769. The van der Waals surface area contributed by atoms with Gasteiger partial charge in [0.05, 0.1) is 28.5 Å². The summed E-state index contributed by atoms with van der Waals surface area (Å²) in [6.45, 7) is 2.10. The Morgan fingerprint density at radius 2 is 1.79 bits per heavy atom. The number of aryl methyl sites for hydroxylation is 1. The number of Topliss-reactive ketones (excluding diaryl/α,β-unsaturated/α-hetero) is 1. The molecule has 5 aromatic rings. The molecule has 0 atom stereocenters. The molecule has 0 spiro atoms. The SMILES string of the molecule is Cc1ccn(CC(=O)c2nc(-c3cc(Cl)c4ncccc4c3)c(-c3ccccc3)nc2N)c1. The molecule has 2 N–H and O–H groups in total. The van der Waals surface area contributed by atoms with Crippen LogP contribution in [0.2, 0.25) is 5.02 Å². The van der Waals surface area contributed by atoms with Crippen LogP contribution in [0, 0.1) is 6.92 Å². The molecule has 0 amide bonds. The molecular formula is C26H20ClN5O. The maximum absolute atomic E-state index is 13.1. The predicted octanol–water partition coefficient (Wildman–Crippen LogP) is 5.59. The van der Waals surface area contributed by atoms with Crippen LogP contribution in [-0.4, -0.2) is 25.3 Å². The van der Waals surface area contributed by atoms with Crippen molar-refractivity contribution in [3.05, 3.63) is 95.5 Å². The fourth-order valence-corrected chi connectivity index (χ4v) is 4.11. The molecule has 0 saturated heterocycles. The number of benzene rings is 2. The first kappa shape index (κ1) is 20.8. The Labute approximate surface area is 195 Å². The number of carbonyl (C=O) groups is 1. The molecule has 0 fully saturated rings. The third-order valence-electron chi connectivity index (χ3n) is 5.39. The number of ketones is 1. The quantitative estimate of drug-likeness (QED) is 0.350. The molecule has 5 rings (SSSR count). The molecule has 0 bridgehead atoms. The molecule has 0 aliphatic carbocycles. The van der Waals surface area contributed by atoms with Crippen LogP contribution in [0.1, 0.15) is 16.1 Å². The van der Waals surface area contributed by atoms with Crippen LogP contribution in [-0.2, 0) is 6.54 Å². The van der Waals surface area contributed by atoms with Gasteiger partial charge in [-0.15, -0.1) is 0 Å². The standard InChI is InChI=1S/C26H20ClN5O/c1-16-9-11-32(14-16)15-21(33)25-26(28)31-23(17-6-3-2-4-7-17)24(30-25)19-12-18-8-5-10-29-22(18)20(27)13-19/h2-14H,15H2,1H3,(H2,28,31). The van der Waals surface area contributed by atoms with Crippen molar-refractivity contribution in [2.75, 3.05) is 5.73 Å². The zero-order valence-corrected chi connectivity index (χ0v) is 18.6. The van der Waals surface area contributed by atoms with E-state index >= 15 is 0 Å². The van der Waals surface area contributed by atoms with Gasteiger partial charge in [0.2, 0.25) is 5.78 Å². The topological polar surface area (TPSA) is 86.7 Å². The van der Waals surface area contributed by atoms with Crippen LogP contribution < -0.4 is 5.73 Å². The first-order valence-corrected chi connectivity index (χ1v) is 10.8. The average molecular weight is 454 g/mol. The first-order chi connectivity index (χ1) is 16.0. The molecule has 0 saturated carbocycles. The number of rotatable bonds is 5. The van der Waals surface area contributed by atoms with E-state index < -0.39 is 0 Å². The monoisotopic (exact) mass is 453 g/mol. The Bertz CT molecular complexity index is 1490. The number of carbonyl (C=O) groups excluding carboxylic acids is 1. The van der Waals surface area contributed by atoms with Crippen LogP contribution in [0.5, 0.6) is 0 Å². The van der Waals surface area contributed by atoms with Crippen molar-refractivity contribution in [1.82, 2.24) is 19.5 Å². The van der Waals surface area contributed by atoms with Gasteiger partial charge in [0, 0.05) is 35.1 Å². The van der Waals surface area contributed by atoms with Gasteiger partial charge in [0.1, 0.15) is 0 Å². The van der Waals surface area contributed by atoms with Crippen molar-refractivity contribution in [2.45, 2.75) is 13.5 Å². The molecule has 0 aliphatic heterocycles. The van der Waals surface area contributed by atoms with E-state index in [9.17, 15) is 4.79 Å². The summed E-state index contributed by atoms with van der Waals surface area (Å²) in [6.07, 6.45) is 5.45. The van der Waals surface area contributed by atoms with E-state index in [1.165, 1.54) is 0 Å². The lowest BCUT2D eigenvalue weighted by Gasteiger charge is -2.14. The van der Waals surface area contributed by atoms with Crippen molar-refractivity contribution in [1.29, 1.82) is 0 Å². The predicted molar refractivity (Wildman–Crippen MR) is 131 cm³/mol. The van der Waals surface area contributed by atoms with Gasteiger partial charge in [-0.25, -0.2) is 9.97 Å². The average Bonchev–Trinajstić information content (AvgIpc) is 3.23. The van der Waals surface area contributed by atoms with E-state index in [-0.39, 0.29) is 23.8 Å².